The molecule has 5 heteroatoms. The number of rotatable bonds is 2. The topological polar surface area (TPSA) is 63.6 Å². The van der Waals surface area contributed by atoms with E-state index in [1.807, 2.05) is 0 Å². The SMILES string of the molecule is COC(=O)/C(C)=C(/C)C(=O)O.[H-].[K+]. The number of esters is 1. The molecule has 0 unspecified atom stereocenters. The van der Waals surface area contributed by atoms with E-state index >= 15 is 0 Å². The fourth-order valence-electron chi connectivity index (χ4n) is 0.467. The summed E-state index contributed by atoms with van der Waals surface area (Å²) >= 11 is 0. The monoisotopic (exact) mass is 198 g/mol. The summed E-state index contributed by atoms with van der Waals surface area (Å²) in [6, 6.07) is 0. The van der Waals surface area contributed by atoms with E-state index < -0.39 is 11.9 Å². The second-order valence-corrected chi connectivity index (χ2v) is 2.05. The Kier molecular flexibility index (Phi) is 8.39. The number of ether oxygens (including phenoxy) is 1. The van der Waals surface area contributed by atoms with Crippen molar-refractivity contribution >= 4 is 11.9 Å². The molecule has 0 spiro atoms. The van der Waals surface area contributed by atoms with E-state index in [-0.39, 0.29) is 64.0 Å². The molecule has 0 heterocycles. The number of hydrogen-bond acceptors (Lipinski definition) is 3. The molecule has 0 atom stereocenters. The van der Waals surface area contributed by atoms with E-state index in [4.69, 9.17) is 5.11 Å². The molecule has 4 nitrogen and oxygen atoms in total. The van der Waals surface area contributed by atoms with Gasteiger partial charge in [-0.05, 0) is 13.8 Å². The van der Waals surface area contributed by atoms with Gasteiger partial charge < -0.3 is 11.3 Å². The third-order valence-electron chi connectivity index (χ3n) is 1.37. The van der Waals surface area contributed by atoms with Crippen LogP contribution in [0.15, 0.2) is 11.1 Å². The number of carboxylic acids is 1. The molecule has 0 aromatic heterocycles. The van der Waals surface area contributed by atoms with Crippen molar-refractivity contribution in [1.82, 2.24) is 0 Å². The molecule has 0 saturated carbocycles. The molecule has 12 heavy (non-hydrogen) atoms. The third kappa shape index (κ3) is 4.37. The Morgan fingerprint density at radius 2 is 1.67 bits per heavy atom. The molecule has 0 aromatic rings. The summed E-state index contributed by atoms with van der Waals surface area (Å²) in [5.74, 6) is -1.71. The molecule has 0 aliphatic carbocycles. The standard InChI is InChI=1S/C7H10O4.K.H/c1-4(6(8)9)5(2)7(10)11-3;;/h1-3H3,(H,8,9);;/q;+1;-1/b5-4-;;. The molecule has 0 aliphatic heterocycles. The summed E-state index contributed by atoms with van der Waals surface area (Å²) in [5, 5.41) is 8.43. The predicted octanol–water partition coefficient (Wildman–Crippen LogP) is -2.30. The average molecular weight is 198 g/mol. The van der Waals surface area contributed by atoms with E-state index in [1.54, 1.807) is 0 Å². The van der Waals surface area contributed by atoms with E-state index in [0.29, 0.717) is 0 Å². The van der Waals surface area contributed by atoms with Gasteiger partial charge in [0.05, 0.1) is 7.11 Å². The Balaban J connectivity index is -0.000000500. The van der Waals surface area contributed by atoms with Gasteiger partial charge >= 0.3 is 63.3 Å². The summed E-state index contributed by atoms with van der Waals surface area (Å²) in [6.45, 7) is 2.77. The smallest absolute Gasteiger partial charge is 1.00 e. The van der Waals surface area contributed by atoms with Crippen LogP contribution < -0.4 is 51.4 Å². The molecule has 0 aromatic carbocycles. The molecule has 0 bridgehead atoms. The van der Waals surface area contributed by atoms with E-state index in [9.17, 15) is 9.59 Å². The van der Waals surface area contributed by atoms with Crippen LogP contribution in [0, 0.1) is 0 Å². The van der Waals surface area contributed by atoms with Crippen molar-refractivity contribution in [3.8, 4) is 0 Å². The van der Waals surface area contributed by atoms with Gasteiger partial charge in [0.15, 0.2) is 0 Å². The Morgan fingerprint density at radius 1 is 1.25 bits per heavy atom. The maximum absolute atomic E-state index is 10.7. The van der Waals surface area contributed by atoms with Gasteiger partial charge in [-0.1, -0.05) is 0 Å². The summed E-state index contributed by atoms with van der Waals surface area (Å²) < 4.78 is 4.32. The molecule has 0 fully saturated rings. The fraction of sp³-hybridized carbons (Fsp3) is 0.429. The van der Waals surface area contributed by atoms with Crippen LogP contribution >= 0.6 is 0 Å². The summed E-state index contributed by atoms with van der Waals surface area (Å²) in [7, 11) is 1.21. The van der Waals surface area contributed by atoms with E-state index in [0.717, 1.165) is 0 Å². The van der Waals surface area contributed by atoms with Crippen LogP contribution in [-0.2, 0) is 14.3 Å². The zero-order chi connectivity index (χ0) is 9.02. The van der Waals surface area contributed by atoms with Gasteiger partial charge in [-0.15, -0.1) is 0 Å². The zero-order valence-electron chi connectivity index (χ0n) is 8.67. The van der Waals surface area contributed by atoms with Crippen LogP contribution in [0.1, 0.15) is 15.3 Å². The van der Waals surface area contributed by atoms with Gasteiger partial charge in [0.2, 0.25) is 0 Å². The zero-order valence-corrected chi connectivity index (χ0v) is 10.8. The van der Waals surface area contributed by atoms with Crippen molar-refractivity contribution in [3.63, 3.8) is 0 Å². The van der Waals surface area contributed by atoms with Crippen molar-refractivity contribution in [1.29, 1.82) is 0 Å². The maximum Gasteiger partial charge on any atom is 1.00 e. The number of methoxy groups -OCH3 is 1. The van der Waals surface area contributed by atoms with Crippen molar-refractivity contribution in [3.05, 3.63) is 11.1 Å². The summed E-state index contributed by atoms with van der Waals surface area (Å²) in [5.41, 5.74) is 0.136. The minimum atomic E-state index is -1.10. The first-order valence-electron chi connectivity index (χ1n) is 2.99. The van der Waals surface area contributed by atoms with Crippen molar-refractivity contribution in [2.45, 2.75) is 13.8 Å². The predicted molar refractivity (Wildman–Crippen MR) is 39.1 cm³/mol. The van der Waals surface area contributed by atoms with Crippen molar-refractivity contribution in [2.24, 2.45) is 0 Å². The normalized spacial score (nSPS) is 10.9. The van der Waals surface area contributed by atoms with Crippen LogP contribution in [0.5, 0.6) is 0 Å². The molecular weight excluding hydrogens is 187 g/mol. The molecule has 0 saturated heterocycles. The van der Waals surface area contributed by atoms with Crippen LogP contribution in [-0.4, -0.2) is 24.2 Å². The van der Waals surface area contributed by atoms with Gasteiger partial charge in [0.25, 0.3) is 0 Å². The molecule has 0 amide bonds. The Morgan fingerprint density at radius 3 is 1.92 bits per heavy atom. The minimum absolute atomic E-state index is 0. The first kappa shape index (κ1) is 14.8. The van der Waals surface area contributed by atoms with Gasteiger partial charge in [-0.25, -0.2) is 9.59 Å². The number of hydrogen-bond donors (Lipinski definition) is 1. The Hall–Kier alpha value is 0.316. The van der Waals surface area contributed by atoms with Gasteiger partial charge in [0, 0.05) is 11.1 Å². The van der Waals surface area contributed by atoms with Gasteiger partial charge in [-0.3, -0.25) is 0 Å². The number of aliphatic carboxylic acids is 1. The van der Waals surface area contributed by atoms with Gasteiger partial charge in [0.1, 0.15) is 0 Å². The number of carboxylic acid groups (broad SMARTS) is 1. The number of carbonyl (C=O) groups excluding carboxylic acids is 1. The largest absolute Gasteiger partial charge is 1.00 e. The van der Waals surface area contributed by atoms with Crippen molar-refractivity contribution < 1.29 is 72.2 Å². The Bertz CT molecular complexity index is 225. The fourth-order valence-corrected chi connectivity index (χ4v) is 0.467. The second kappa shape index (κ2) is 6.79. The quantitative estimate of drug-likeness (QED) is 0.308. The van der Waals surface area contributed by atoms with Crippen LogP contribution in [0.4, 0.5) is 0 Å². The third-order valence-corrected chi connectivity index (χ3v) is 1.37. The Labute approximate surface area is 115 Å². The minimum Gasteiger partial charge on any atom is -1.00 e. The molecule has 0 aliphatic rings. The molecule has 0 rings (SSSR count). The first-order chi connectivity index (χ1) is 5.00. The molecule has 1 N–H and O–H groups in total. The maximum atomic E-state index is 10.7. The van der Waals surface area contributed by atoms with Crippen LogP contribution in [0.25, 0.3) is 0 Å². The summed E-state index contributed by atoms with van der Waals surface area (Å²) in [4.78, 5) is 21.0. The second-order valence-electron chi connectivity index (χ2n) is 2.05. The first-order valence-corrected chi connectivity index (χ1v) is 2.99. The summed E-state index contributed by atoms with van der Waals surface area (Å²) in [6.07, 6.45) is 0. The van der Waals surface area contributed by atoms with Crippen LogP contribution in [0.2, 0.25) is 0 Å². The molecule has 64 valence electrons. The molecule has 0 radical (unpaired) electrons. The molecular formula is C7H11KO4. The van der Waals surface area contributed by atoms with Crippen molar-refractivity contribution in [2.75, 3.05) is 7.11 Å². The number of carbonyl (C=O) groups is 2. The van der Waals surface area contributed by atoms with Crippen LogP contribution in [0.3, 0.4) is 0 Å². The average Bonchev–Trinajstić information content (AvgIpc) is 2.00. The van der Waals surface area contributed by atoms with E-state index in [2.05, 4.69) is 4.74 Å². The van der Waals surface area contributed by atoms with E-state index in [1.165, 1.54) is 21.0 Å². The van der Waals surface area contributed by atoms with Gasteiger partial charge in [-0.2, -0.15) is 0 Å².